The summed E-state index contributed by atoms with van der Waals surface area (Å²) in [5, 5.41) is 12.9. The zero-order chi connectivity index (χ0) is 11.5. The number of rotatable bonds is 2. The highest BCUT2D eigenvalue weighted by atomic mass is 16.5. The van der Waals surface area contributed by atoms with Crippen LogP contribution in [0.4, 0.5) is 5.69 Å². The molecule has 0 unspecified atom stereocenters. The molecular weight excluding hydrogens is 204 g/mol. The van der Waals surface area contributed by atoms with E-state index in [2.05, 4.69) is 10.3 Å². The van der Waals surface area contributed by atoms with Gasteiger partial charge in [-0.25, -0.2) is 4.99 Å². The first-order valence-electron chi connectivity index (χ1n) is 5.48. The van der Waals surface area contributed by atoms with Gasteiger partial charge in [0.05, 0.1) is 12.2 Å². The van der Waals surface area contributed by atoms with E-state index in [1.165, 1.54) is 0 Å². The summed E-state index contributed by atoms with van der Waals surface area (Å²) in [7, 11) is 0. The van der Waals surface area contributed by atoms with Crippen molar-refractivity contribution < 1.29 is 9.84 Å². The predicted molar refractivity (Wildman–Crippen MR) is 64.1 cm³/mol. The van der Waals surface area contributed by atoms with Gasteiger partial charge < -0.3 is 15.2 Å². The van der Waals surface area contributed by atoms with E-state index in [0.717, 1.165) is 23.2 Å². The summed E-state index contributed by atoms with van der Waals surface area (Å²) in [6.45, 7) is 5.33. The van der Waals surface area contributed by atoms with Gasteiger partial charge in [-0.3, -0.25) is 0 Å². The monoisotopic (exact) mass is 220 g/mol. The molecule has 0 saturated carbocycles. The molecule has 1 aromatic carbocycles. The van der Waals surface area contributed by atoms with Crippen LogP contribution in [-0.4, -0.2) is 24.3 Å². The lowest BCUT2D eigenvalue weighted by molar-refractivity contribution is 0.346. The van der Waals surface area contributed by atoms with Gasteiger partial charge in [0.25, 0.3) is 6.02 Å². The van der Waals surface area contributed by atoms with Crippen molar-refractivity contribution in [1.29, 1.82) is 0 Å². The van der Waals surface area contributed by atoms with Crippen LogP contribution < -0.4 is 5.32 Å². The Morgan fingerprint density at radius 1 is 1.50 bits per heavy atom. The number of nitrogens with one attached hydrogen (secondary N) is 1. The number of hydrogen-bond acceptors (Lipinski definition) is 4. The standard InChI is InChI=1S/C12H16N2O2/c1-3-9-10(15)5-4-8(2)11(9)14-12-13-6-7-16-12/h4-5,15H,3,6-7H2,1-2H3,(H,13,14). The van der Waals surface area contributed by atoms with Gasteiger partial charge in [-0.2, -0.15) is 0 Å². The quantitative estimate of drug-likeness (QED) is 0.802. The number of aromatic hydroxyl groups is 1. The van der Waals surface area contributed by atoms with Crippen molar-refractivity contribution in [2.75, 3.05) is 18.5 Å². The predicted octanol–water partition coefficient (Wildman–Crippen LogP) is 2.06. The molecule has 0 amide bonds. The van der Waals surface area contributed by atoms with Crippen LogP contribution in [0.3, 0.4) is 0 Å². The maximum Gasteiger partial charge on any atom is 0.289 e. The van der Waals surface area contributed by atoms with Crippen LogP contribution in [0.25, 0.3) is 0 Å². The van der Waals surface area contributed by atoms with Crippen molar-refractivity contribution in [3.8, 4) is 5.75 Å². The molecule has 16 heavy (non-hydrogen) atoms. The van der Waals surface area contributed by atoms with Crippen LogP contribution in [0, 0.1) is 6.92 Å². The molecular formula is C12H16N2O2. The van der Waals surface area contributed by atoms with Crippen LogP contribution >= 0.6 is 0 Å². The van der Waals surface area contributed by atoms with Crippen LogP contribution in [0.1, 0.15) is 18.1 Å². The van der Waals surface area contributed by atoms with Gasteiger partial charge in [0.15, 0.2) is 0 Å². The van der Waals surface area contributed by atoms with Crippen molar-refractivity contribution in [3.05, 3.63) is 23.3 Å². The fourth-order valence-electron chi connectivity index (χ4n) is 1.80. The minimum absolute atomic E-state index is 0.314. The Morgan fingerprint density at radius 3 is 2.94 bits per heavy atom. The number of benzene rings is 1. The average molecular weight is 220 g/mol. The first-order chi connectivity index (χ1) is 7.72. The Balaban J connectivity index is 2.34. The lowest BCUT2D eigenvalue weighted by atomic mass is 10.0. The molecule has 2 N–H and O–H groups in total. The SMILES string of the molecule is CCc1c(O)ccc(C)c1NC1=NCCO1. The van der Waals surface area contributed by atoms with Crippen molar-refractivity contribution in [2.24, 2.45) is 4.99 Å². The second-order valence-electron chi connectivity index (χ2n) is 3.77. The maximum absolute atomic E-state index is 9.77. The minimum Gasteiger partial charge on any atom is -0.508 e. The summed E-state index contributed by atoms with van der Waals surface area (Å²) in [6.07, 6.45) is 0.767. The normalized spacial score (nSPS) is 14.5. The Hall–Kier alpha value is -1.71. The molecule has 0 atom stereocenters. The van der Waals surface area contributed by atoms with Gasteiger partial charge in [-0.15, -0.1) is 0 Å². The van der Waals surface area contributed by atoms with E-state index in [1.54, 1.807) is 6.07 Å². The smallest absolute Gasteiger partial charge is 0.289 e. The summed E-state index contributed by atoms with van der Waals surface area (Å²) < 4.78 is 5.31. The van der Waals surface area contributed by atoms with E-state index >= 15 is 0 Å². The van der Waals surface area contributed by atoms with Crippen molar-refractivity contribution >= 4 is 11.7 Å². The van der Waals surface area contributed by atoms with E-state index in [9.17, 15) is 5.11 Å². The summed E-state index contributed by atoms with van der Waals surface area (Å²) in [6, 6.07) is 4.15. The molecule has 2 rings (SSSR count). The summed E-state index contributed by atoms with van der Waals surface area (Å²) in [5.41, 5.74) is 2.88. The molecule has 1 aliphatic heterocycles. The topological polar surface area (TPSA) is 53.8 Å². The van der Waals surface area contributed by atoms with Gasteiger partial charge in [0.2, 0.25) is 0 Å². The lowest BCUT2D eigenvalue weighted by Gasteiger charge is -2.14. The third kappa shape index (κ3) is 1.96. The fraction of sp³-hybridized carbons (Fsp3) is 0.417. The minimum atomic E-state index is 0.314. The van der Waals surface area contributed by atoms with E-state index in [1.807, 2.05) is 19.9 Å². The number of aryl methyl sites for hydroxylation is 1. The zero-order valence-electron chi connectivity index (χ0n) is 9.58. The van der Waals surface area contributed by atoms with E-state index in [-0.39, 0.29) is 0 Å². The van der Waals surface area contributed by atoms with Gasteiger partial charge in [0.1, 0.15) is 12.4 Å². The molecule has 0 aliphatic carbocycles. The number of anilines is 1. The molecule has 1 aromatic rings. The third-order valence-electron chi connectivity index (χ3n) is 2.67. The number of nitrogens with zero attached hydrogens (tertiary/aromatic N) is 1. The summed E-state index contributed by atoms with van der Waals surface area (Å²) in [5.74, 6) is 0.314. The second kappa shape index (κ2) is 4.43. The van der Waals surface area contributed by atoms with Crippen LogP contribution in [0.5, 0.6) is 5.75 Å². The first-order valence-corrected chi connectivity index (χ1v) is 5.48. The number of phenolic OH excluding ortho intramolecular Hbond substituents is 1. The molecule has 0 fully saturated rings. The van der Waals surface area contributed by atoms with Crippen LogP contribution in [-0.2, 0) is 11.2 Å². The Kier molecular flexibility index (Phi) is 2.99. The van der Waals surface area contributed by atoms with Crippen LogP contribution in [0.15, 0.2) is 17.1 Å². The highest BCUT2D eigenvalue weighted by Crippen LogP contribution is 2.29. The van der Waals surface area contributed by atoms with Gasteiger partial charge in [-0.1, -0.05) is 13.0 Å². The number of ether oxygens (including phenoxy) is 1. The third-order valence-corrected chi connectivity index (χ3v) is 2.67. The zero-order valence-corrected chi connectivity index (χ0v) is 9.58. The molecule has 4 nitrogen and oxygen atoms in total. The average Bonchev–Trinajstić information content (AvgIpc) is 2.77. The molecule has 86 valence electrons. The molecule has 0 spiro atoms. The van der Waals surface area contributed by atoms with Gasteiger partial charge >= 0.3 is 0 Å². The summed E-state index contributed by atoms with van der Waals surface area (Å²) >= 11 is 0. The molecule has 0 saturated heterocycles. The van der Waals surface area contributed by atoms with Crippen molar-refractivity contribution in [3.63, 3.8) is 0 Å². The summed E-state index contributed by atoms with van der Waals surface area (Å²) in [4.78, 5) is 4.18. The van der Waals surface area contributed by atoms with Crippen molar-refractivity contribution in [2.45, 2.75) is 20.3 Å². The number of aliphatic imine (C=N–C) groups is 1. The highest BCUT2D eigenvalue weighted by molar-refractivity contribution is 5.92. The molecule has 1 aliphatic rings. The van der Waals surface area contributed by atoms with E-state index in [4.69, 9.17) is 4.74 Å². The molecule has 1 heterocycles. The highest BCUT2D eigenvalue weighted by Gasteiger charge is 2.13. The number of hydrogen-bond donors (Lipinski definition) is 2. The maximum atomic E-state index is 9.77. The van der Waals surface area contributed by atoms with Gasteiger partial charge in [-0.05, 0) is 25.0 Å². The van der Waals surface area contributed by atoms with E-state index in [0.29, 0.717) is 24.9 Å². The molecule has 4 heteroatoms. The Morgan fingerprint density at radius 2 is 2.31 bits per heavy atom. The fourth-order valence-corrected chi connectivity index (χ4v) is 1.80. The lowest BCUT2D eigenvalue weighted by Crippen LogP contribution is -2.14. The largest absolute Gasteiger partial charge is 0.508 e. The molecule has 0 radical (unpaired) electrons. The van der Waals surface area contributed by atoms with Gasteiger partial charge in [0, 0.05) is 5.56 Å². The number of amidine groups is 1. The molecule has 0 bridgehead atoms. The Bertz CT molecular complexity index is 427. The van der Waals surface area contributed by atoms with E-state index < -0.39 is 0 Å². The number of phenols is 1. The van der Waals surface area contributed by atoms with Crippen molar-refractivity contribution in [1.82, 2.24) is 0 Å². The Labute approximate surface area is 95.0 Å². The second-order valence-corrected chi connectivity index (χ2v) is 3.77. The molecule has 0 aromatic heterocycles. The first kappa shape index (κ1) is 10.8. The van der Waals surface area contributed by atoms with Crippen LogP contribution in [0.2, 0.25) is 0 Å².